The highest BCUT2D eigenvalue weighted by molar-refractivity contribution is 6.25. The van der Waals surface area contributed by atoms with E-state index in [4.69, 9.17) is 4.74 Å². The van der Waals surface area contributed by atoms with Gasteiger partial charge in [-0.25, -0.2) is 4.39 Å². The molecule has 0 aromatic heterocycles. The Bertz CT molecular complexity index is 1470. The minimum absolute atomic E-state index is 0.00930. The number of methoxy groups -OCH3 is 1. The van der Waals surface area contributed by atoms with Crippen molar-refractivity contribution in [3.05, 3.63) is 93.3 Å². The number of nitrogens with one attached hydrogen (secondary N) is 1. The summed E-state index contributed by atoms with van der Waals surface area (Å²) in [4.78, 5) is 41.1. The van der Waals surface area contributed by atoms with Crippen molar-refractivity contribution in [3.63, 3.8) is 0 Å². The van der Waals surface area contributed by atoms with Crippen LogP contribution in [0.25, 0.3) is 0 Å². The Labute approximate surface area is 215 Å². The number of aryl methyl sites for hydroxylation is 1. The number of rotatable bonds is 5. The van der Waals surface area contributed by atoms with Crippen molar-refractivity contribution in [1.82, 2.24) is 4.90 Å². The number of imide groups is 1. The fourth-order valence-electron chi connectivity index (χ4n) is 4.96. The molecule has 2 aliphatic rings. The lowest BCUT2D eigenvalue weighted by molar-refractivity contribution is -0.137. The van der Waals surface area contributed by atoms with Crippen LogP contribution >= 0.6 is 0 Å². The molecule has 10 heteroatoms. The number of halogens is 4. The van der Waals surface area contributed by atoms with Gasteiger partial charge in [0, 0.05) is 5.56 Å². The summed E-state index contributed by atoms with van der Waals surface area (Å²) < 4.78 is 58.6. The molecule has 0 spiro atoms. The van der Waals surface area contributed by atoms with Crippen molar-refractivity contribution in [2.45, 2.75) is 38.4 Å². The summed E-state index contributed by atoms with van der Waals surface area (Å²) in [5.74, 6) is -2.76. The normalized spacial score (nSPS) is 14.8. The summed E-state index contributed by atoms with van der Waals surface area (Å²) in [7, 11) is 1.52. The van der Waals surface area contributed by atoms with Crippen LogP contribution in [0.1, 0.15) is 66.2 Å². The maximum absolute atomic E-state index is 13.9. The number of carbonyl (C=O) groups is 3. The molecular weight excluding hydrogens is 504 g/mol. The van der Waals surface area contributed by atoms with E-state index >= 15 is 0 Å². The minimum Gasteiger partial charge on any atom is -0.497 e. The Morgan fingerprint density at radius 1 is 0.974 bits per heavy atom. The number of alkyl halides is 3. The maximum Gasteiger partial charge on any atom is 0.416 e. The van der Waals surface area contributed by atoms with Crippen LogP contribution < -0.4 is 10.1 Å². The molecule has 1 aliphatic carbocycles. The van der Waals surface area contributed by atoms with Crippen LogP contribution in [-0.2, 0) is 25.6 Å². The summed E-state index contributed by atoms with van der Waals surface area (Å²) in [6, 6.07) is 9.98. The van der Waals surface area contributed by atoms with Gasteiger partial charge in [-0.3, -0.25) is 19.3 Å². The molecule has 0 atom stereocenters. The highest BCUT2D eigenvalue weighted by atomic mass is 19.4. The van der Waals surface area contributed by atoms with Gasteiger partial charge in [-0.1, -0.05) is 12.1 Å². The van der Waals surface area contributed by atoms with Crippen LogP contribution in [-0.4, -0.2) is 29.7 Å². The standard InChI is InChI=1S/C28H22F4N2O4/c1-38-20-8-6-15(7-9-20)14-34-26(36)23-21-5-3-2-4-16(21)12-22(24(23)27(34)37)33-25(35)17-10-18(28(30,31)32)13-19(29)11-17/h6-13H,2-5,14H2,1H3,(H,33,35). The molecule has 1 aliphatic heterocycles. The topological polar surface area (TPSA) is 75.7 Å². The summed E-state index contributed by atoms with van der Waals surface area (Å²) in [5.41, 5.74) is 0.540. The fourth-order valence-corrected chi connectivity index (χ4v) is 4.96. The average molecular weight is 526 g/mol. The van der Waals surface area contributed by atoms with Gasteiger partial charge in [0.1, 0.15) is 11.6 Å². The van der Waals surface area contributed by atoms with Gasteiger partial charge in [-0.05, 0) is 78.8 Å². The molecule has 0 radical (unpaired) electrons. The van der Waals surface area contributed by atoms with E-state index in [1.54, 1.807) is 30.3 Å². The molecule has 196 valence electrons. The van der Waals surface area contributed by atoms with E-state index < -0.39 is 40.8 Å². The number of carbonyl (C=O) groups excluding carboxylic acids is 3. The molecule has 38 heavy (non-hydrogen) atoms. The van der Waals surface area contributed by atoms with Gasteiger partial charge in [0.2, 0.25) is 0 Å². The van der Waals surface area contributed by atoms with Crippen LogP contribution in [0.2, 0.25) is 0 Å². The predicted molar refractivity (Wildman–Crippen MR) is 130 cm³/mol. The van der Waals surface area contributed by atoms with E-state index in [0.29, 0.717) is 42.4 Å². The first-order valence-electron chi connectivity index (χ1n) is 11.9. The smallest absolute Gasteiger partial charge is 0.416 e. The van der Waals surface area contributed by atoms with Gasteiger partial charge in [0.05, 0.1) is 36.0 Å². The monoisotopic (exact) mass is 526 g/mol. The van der Waals surface area contributed by atoms with Crippen LogP contribution in [0.15, 0.2) is 48.5 Å². The molecule has 5 rings (SSSR count). The maximum atomic E-state index is 13.9. The number of fused-ring (bicyclic) bond motifs is 3. The number of amides is 3. The number of benzene rings is 3. The van der Waals surface area contributed by atoms with Gasteiger partial charge in [-0.2, -0.15) is 13.2 Å². The lowest BCUT2D eigenvalue weighted by atomic mass is 9.85. The molecule has 6 nitrogen and oxygen atoms in total. The SMILES string of the molecule is COc1ccc(CN2C(=O)c3c(NC(=O)c4cc(F)cc(C(F)(F)F)c4)cc4c(c3C2=O)CCCC4)cc1. The molecule has 3 amide bonds. The highest BCUT2D eigenvalue weighted by Crippen LogP contribution is 2.39. The number of hydrogen-bond acceptors (Lipinski definition) is 4. The van der Waals surface area contributed by atoms with Crippen molar-refractivity contribution in [1.29, 1.82) is 0 Å². The molecule has 0 unspecified atom stereocenters. The van der Waals surface area contributed by atoms with E-state index in [1.807, 2.05) is 0 Å². The van der Waals surface area contributed by atoms with E-state index in [1.165, 1.54) is 7.11 Å². The predicted octanol–water partition coefficient (Wildman–Crippen LogP) is 5.78. The minimum atomic E-state index is -4.85. The van der Waals surface area contributed by atoms with E-state index in [-0.39, 0.29) is 23.4 Å². The van der Waals surface area contributed by atoms with Gasteiger partial charge in [0.15, 0.2) is 0 Å². The molecule has 1 N–H and O–H groups in total. The summed E-state index contributed by atoms with van der Waals surface area (Å²) >= 11 is 0. The number of hydrogen-bond donors (Lipinski definition) is 1. The summed E-state index contributed by atoms with van der Waals surface area (Å²) in [6.07, 6.45) is -1.98. The van der Waals surface area contributed by atoms with Crippen molar-refractivity contribution in [2.24, 2.45) is 0 Å². The fraction of sp³-hybridized carbons (Fsp3) is 0.250. The molecule has 0 bridgehead atoms. The largest absolute Gasteiger partial charge is 0.497 e. The van der Waals surface area contributed by atoms with Crippen molar-refractivity contribution < 1.29 is 36.7 Å². The van der Waals surface area contributed by atoms with Gasteiger partial charge >= 0.3 is 6.18 Å². The Morgan fingerprint density at radius 2 is 1.66 bits per heavy atom. The van der Waals surface area contributed by atoms with E-state index in [0.717, 1.165) is 28.9 Å². The second-order valence-electron chi connectivity index (χ2n) is 9.24. The van der Waals surface area contributed by atoms with Crippen molar-refractivity contribution in [2.75, 3.05) is 12.4 Å². The van der Waals surface area contributed by atoms with Gasteiger partial charge in [0.25, 0.3) is 17.7 Å². The Balaban J connectivity index is 1.53. The van der Waals surface area contributed by atoms with Crippen LogP contribution in [0.3, 0.4) is 0 Å². The first kappa shape index (κ1) is 25.4. The summed E-state index contributed by atoms with van der Waals surface area (Å²) in [6.45, 7) is -0.0165. The molecule has 3 aromatic rings. The molecule has 0 saturated heterocycles. The zero-order chi connectivity index (χ0) is 27.2. The zero-order valence-corrected chi connectivity index (χ0v) is 20.2. The molecule has 3 aromatic carbocycles. The Hall–Kier alpha value is -4.21. The van der Waals surface area contributed by atoms with Crippen LogP contribution in [0.4, 0.5) is 23.2 Å². The first-order chi connectivity index (χ1) is 18.1. The summed E-state index contributed by atoms with van der Waals surface area (Å²) in [5, 5.41) is 2.48. The lowest BCUT2D eigenvalue weighted by Crippen LogP contribution is -2.29. The van der Waals surface area contributed by atoms with E-state index in [2.05, 4.69) is 5.32 Å². The third-order valence-electron chi connectivity index (χ3n) is 6.80. The number of nitrogens with zero attached hydrogens (tertiary/aromatic N) is 1. The van der Waals surface area contributed by atoms with Gasteiger partial charge < -0.3 is 10.1 Å². The highest BCUT2D eigenvalue weighted by Gasteiger charge is 2.41. The van der Waals surface area contributed by atoms with Crippen molar-refractivity contribution in [3.8, 4) is 5.75 Å². The molecule has 0 saturated carbocycles. The average Bonchev–Trinajstić information content (AvgIpc) is 3.14. The van der Waals surface area contributed by atoms with Gasteiger partial charge in [-0.15, -0.1) is 0 Å². The number of ether oxygens (including phenoxy) is 1. The van der Waals surface area contributed by atoms with E-state index in [9.17, 15) is 31.9 Å². The first-order valence-corrected chi connectivity index (χ1v) is 11.9. The second kappa shape index (κ2) is 9.59. The quantitative estimate of drug-likeness (QED) is 0.338. The van der Waals surface area contributed by atoms with Crippen LogP contribution in [0.5, 0.6) is 5.75 Å². The Kier molecular flexibility index (Phi) is 6.42. The molecule has 1 heterocycles. The second-order valence-corrected chi connectivity index (χ2v) is 9.24. The third kappa shape index (κ3) is 4.62. The van der Waals surface area contributed by atoms with Crippen LogP contribution in [0, 0.1) is 5.82 Å². The lowest BCUT2D eigenvalue weighted by Gasteiger charge is -2.20. The number of anilines is 1. The molecular formula is C28H22F4N2O4. The zero-order valence-electron chi connectivity index (χ0n) is 20.2. The molecule has 0 fully saturated rings. The third-order valence-corrected chi connectivity index (χ3v) is 6.80. The van der Waals surface area contributed by atoms with Crippen molar-refractivity contribution >= 4 is 23.4 Å². The Morgan fingerprint density at radius 3 is 2.34 bits per heavy atom.